The van der Waals surface area contributed by atoms with Gasteiger partial charge in [0.1, 0.15) is 0 Å². The topological polar surface area (TPSA) is 58.2 Å². The van der Waals surface area contributed by atoms with E-state index in [9.17, 15) is 9.59 Å². The summed E-state index contributed by atoms with van der Waals surface area (Å²) in [6.07, 6.45) is 1.04. The van der Waals surface area contributed by atoms with Gasteiger partial charge in [0.25, 0.3) is 5.91 Å². The Morgan fingerprint density at radius 3 is 2.24 bits per heavy atom. The van der Waals surface area contributed by atoms with Gasteiger partial charge in [0.2, 0.25) is 5.91 Å². The van der Waals surface area contributed by atoms with E-state index in [2.05, 4.69) is 10.6 Å². The highest BCUT2D eigenvalue weighted by atomic mass is 16.2. The van der Waals surface area contributed by atoms with Crippen molar-refractivity contribution in [1.29, 1.82) is 0 Å². The SMILES string of the molecule is Cc1ccc(CCC(=O)Nc2ccccc2C(=O)NC(C)(C)C)cc1. The summed E-state index contributed by atoms with van der Waals surface area (Å²) in [6, 6.07) is 15.2. The Morgan fingerprint density at radius 1 is 0.960 bits per heavy atom. The summed E-state index contributed by atoms with van der Waals surface area (Å²) in [7, 11) is 0. The van der Waals surface area contributed by atoms with E-state index in [4.69, 9.17) is 0 Å². The van der Waals surface area contributed by atoms with Gasteiger partial charge in [0, 0.05) is 12.0 Å². The number of nitrogens with one attached hydrogen (secondary N) is 2. The Bertz CT molecular complexity index is 743. The van der Waals surface area contributed by atoms with Crippen molar-refractivity contribution in [3.63, 3.8) is 0 Å². The van der Waals surface area contributed by atoms with Gasteiger partial charge in [0.15, 0.2) is 0 Å². The average molecular weight is 338 g/mol. The quantitative estimate of drug-likeness (QED) is 0.862. The van der Waals surface area contributed by atoms with Crippen LogP contribution in [-0.2, 0) is 11.2 Å². The van der Waals surface area contributed by atoms with E-state index in [1.807, 2.05) is 58.0 Å². The molecule has 0 unspecified atom stereocenters. The maximum atomic E-state index is 12.4. The number of para-hydroxylation sites is 1. The molecule has 0 bridgehead atoms. The lowest BCUT2D eigenvalue weighted by atomic mass is 10.1. The first-order valence-corrected chi connectivity index (χ1v) is 8.51. The molecule has 132 valence electrons. The molecule has 2 rings (SSSR count). The Balaban J connectivity index is 2.00. The second-order valence-electron chi connectivity index (χ2n) is 7.28. The van der Waals surface area contributed by atoms with E-state index < -0.39 is 0 Å². The highest BCUT2D eigenvalue weighted by molar-refractivity contribution is 6.04. The van der Waals surface area contributed by atoms with E-state index >= 15 is 0 Å². The molecule has 0 heterocycles. The largest absolute Gasteiger partial charge is 0.347 e. The maximum absolute atomic E-state index is 12.4. The third-order valence-electron chi connectivity index (χ3n) is 3.70. The Morgan fingerprint density at radius 2 is 1.60 bits per heavy atom. The molecule has 4 nitrogen and oxygen atoms in total. The highest BCUT2D eigenvalue weighted by Crippen LogP contribution is 2.17. The Hall–Kier alpha value is -2.62. The van der Waals surface area contributed by atoms with Gasteiger partial charge in [-0.2, -0.15) is 0 Å². The van der Waals surface area contributed by atoms with Crippen LogP contribution in [0, 0.1) is 6.92 Å². The molecular formula is C21H26N2O2. The minimum atomic E-state index is -0.334. The van der Waals surface area contributed by atoms with Gasteiger partial charge in [0.05, 0.1) is 11.3 Å². The molecule has 0 aliphatic heterocycles. The second-order valence-corrected chi connectivity index (χ2v) is 7.28. The zero-order valence-corrected chi connectivity index (χ0v) is 15.3. The number of hydrogen-bond acceptors (Lipinski definition) is 2. The summed E-state index contributed by atoms with van der Waals surface area (Å²) in [4.78, 5) is 24.7. The third kappa shape index (κ3) is 6.07. The van der Waals surface area contributed by atoms with Crippen LogP contribution >= 0.6 is 0 Å². The van der Waals surface area contributed by atoms with Crippen molar-refractivity contribution in [3.05, 3.63) is 65.2 Å². The predicted molar refractivity (Wildman–Crippen MR) is 102 cm³/mol. The molecule has 0 radical (unpaired) electrons. The molecule has 0 aliphatic rings. The van der Waals surface area contributed by atoms with Crippen LogP contribution < -0.4 is 10.6 Å². The van der Waals surface area contributed by atoms with E-state index in [1.54, 1.807) is 18.2 Å². The van der Waals surface area contributed by atoms with Gasteiger partial charge in [-0.15, -0.1) is 0 Å². The molecular weight excluding hydrogens is 312 g/mol. The first-order valence-electron chi connectivity index (χ1n) is 8.51. The lowest BCUT2D eigenvalue weighted by molar-refractivity contribution is -0.116. The van der Waals surface area contributed by atoms with Gasteiger partial charge < -0.3 is 10.6 Å². The van der Waals surface area contributed by atoms with Crippen LogP contribution in [0.1, 0.15) is 48.7 Å². The molecule has 2 amide bonds. The van der Waals surface area contributed by atoms with Crippen molar-refractivity contribution in [2.24, 2.45) is 0 Å². The lowest BCUT2D eigenvalue weighted by Gasteiger charge is -2.21. The van der Waals surface area contributed by atoms with E-state index in [1.165, 1.54) is 5.56 Å². The zero-order chi connectivity index (χ0) is 18.4. The molecule has 4 heteroatoms. The molecule has 2 aromatic carbocycles. The number of amides is 2. The van der Waals surface area contributed by atoms with Crippen LogP contribution in [0.2, 0.25) is 0 Å². The third-order valence-corrected chi connectivity index (χ3v) is 3.70. The van der Waals surface area contributed by atoms with Crippen molar-refractivity contribution in [3.8, 4) is 0 Å². The predicted octanol–water partition coefficient (Wildman–Crippen LogP) is 4.09. The summed E-state index contributed by atoms with van der Waals surface area (Å²) < 4.78 is 0. The second kappa shape index (κ2) is 7.97. The van der Waals surface area contributed by atoms with Crippen molar-refractivity contribution in [1.82, 2.24) is 5.32 Å². The molecule has 0 atom stereocenters. The maximum Gasteiger partial charge on any atom is 0.253 e. The van der Waals surface area contributed by atoms with Crippen LogP contribution in [0.25, 0.3) is 0 Å². The zero-order valence-electron chi connectivity index (χ0n) is 15.3. The summed E-state index contributed by atoms with van der Waals surface area (Å²) in [6.45, 7) is 7.81. The van der Waals surface area contributed by atoms with Crippen LogP contribution in [-0.4, -0.2) is 17.4 Å². The van der Waals surface area contributed by atoms with E-state index in [0.29, 0.717) is 24.1 Å². The van der Waals surface area contributed by atoms with Crippen LogP contribution in [0.4, 0.5) is 5.69 Å². The van der Waals surface area contributed by atoms with Gasteiger partial charge in [-0.25, -0.2) is 0 Å². The molecule has 0 saturated heterocycles. The van der Waals surface area contributed by atoms with Crippen molar-refractivity contribution in [2.45, 2.75) is 46.1 Å². The van der Waals surface area contributed by atoms with Crippen LogP contribution in [0.15, 0.2) is 48.5 Å². The van der Waals surface area contributed by atoms with Gasteiger partial charge in [-0.05, 0) is 51.8 Å². The fourth-order valence-corrected chi connectivity index (χ4v) is 2.42. The number of benzene rings is 2. The van der Waals surface area contributed by atoms with Gasteiger partial charge in [-0.3, -0.25) is 9.59 Å². The number of aryl methyl sites for hydroxylation is 2. The van der Waals surface area contributed by atoms with Crippen molar-refractivity contribution >= 4 is 17.5 Å². The standard InChI is InChI=1S/C21H26N2O2/c1-15-9-11-16(12-10-15)13-14-19(24)22-18-8-6-5-7-17(18)20(25)23-21(2,3)4/h5-12H,13-14H2,1-4H3,(H,22,24)(H,23,25). The van der Waals surface area contributed by atoms with Gasteiger partial charge >= 0.3 is 0 Å². The number of rotatable bonds is 5. The molecule has 2 N–H and O–H groups in total. The molecule has 2 aromatic rings. The first-order chi connectivity index (χ1) is 11.7. The molecule has 0 fully saturated rings. The fraction of sp³-hybridized carbons (Fsp3) is 0.333. The molecule has 0 aliphatic carbocycles. The summed E-state index contributed by atoms with van der Waals surface area (Å²) >= 11 is 0. The van der Waals surface area contributed by atoms with E-state index in [0.717, 1.165) is 5.56 Å². The van der Waals surface area contributed by atoms with Crippen molar-refractivity contribution in [2.75, 3.05) is 5.32 Å². The summed E-state index contributed by atoms with van der Waals surface area (Å²) in [5.41, 5.74) is 3.00. The Kier molecular flexibility index (Phi) is 5.97. The minimum absolute atomic E-state index is 0.100. The first kappa shape index (κ1) is 18.7. The summed E-state index contributed by atoms with van der Waals surface area (Å²) in [5, 5.41) is 5.78. The molecule has 0 saturated carbocycles. The molecule has 0 spiro atoms. The number of hydrogen-bond donors (Lipinski definition) is 2. The molecule has 25 heavy (non-hydrogen) atoms. The lowest BCUT2D eigenvalue weighted by Crippen LogP contribution is -2.40. The highest BCUT2D eigenvalue weighted by Gasteiger charge is 2.18. The van der Waals surface area contributed by atoms with Crippen molar-refractivity contribution < 1.29 is 9.59 Å². The summed E-state index contributed by atoms with van der Waals surface area (Å²) in [5.74, 6) is -0.293. The number of anilines is 1. The van der Waals surface area contributed by atoms with Gasteiger partial charge in [-0.1, -0.05) is 42.0 Å². The fourth-order valence-electron chi connectivity index (χ4n) is 2.42. The monoisotopic (exact) mass is 338 g/mol. The normalized spacial score (nSPS) is 11.0. The van der Waals surface area contributed by atoms with Crippen LogP contribution in [0.3, 0.4) is 0 Å². The van der Waals surface area contributed by atoms with Crippen LogP contribution in [0.5, 0.6) is 0 Å². The molecule has 0 aromatic heterocycles. The minimum Gasteiger partial charge on any atom is -0.347 e. The Labute approximate surface area is 149 Å². The number of carbonyl (C=O) groups excluding carboxylic acids is 2. The average Bonchev–Trinajstić information content (AvgIpc) is 2.53. The number of carbonyl (C=O) groups is 2. The van der Waals surface area contributed by atoms with E-state index in [-0.39, 0.29) is 17.4 Å². The smallest absolute Gasteiger partial charge is 0.253 e.